The number of aromatic nitrogens is 2. The van der Waals surface area contributed by atoms with Gasteiger partial charge < -0.3 is 9.88 Å². The van der Waals surface area contributed by atoms with E-state index < -0.39 is 0 Å². The van der Waals surface area contributed by atoms with E-state index in [-0.39, 0.29) is 5.91 Å². The molecular formula is C14H15N3O. The SMILES string of the molecule is CNC(=O)c1cc(-c2cccnc2)n2c1CCC2. The molecule has 4 heteroatoms. The van der Waals surface area contributed by atoms with Crippen LogP contribution in [-0.4, -0.2) is 22.5 Å². The molecule has 0 aromatic carbocycles. The fourth-order valence-corrected chi connectivity index (χ4v) is 2.60. The number of hydrogen-bond donors (Lipinski definition) is 1. The van der Waals surface area contributed by atoms with Gasteiger partial charge in [-0.15, -0.1) is 0 Å². The van der Waals surface area contributed by atoms with Crippen LogP contribution < -0.4 is 5.32 Å². The van der Waals surface area contributed by atoms with Crippen molar-refractivity contribution in [2.24, 2.45) is 0 Å². The molecule has 1 N–H and O–H groups in total. The maximum Gasteiger partial charge on any atom is 0.252 e. The molecule has 0 unspecified atom stereocenters. The third kappa shape index (κ3) is 1.61. The summed E-state index contributed by atoms with van der Waals surface area (Å²) in [6.07, 6.45) is 5.68. The van der Waals surface area contributed by atoms with Crippen molar-refractivity contribution in [2.75, 3.05) is 7.05 Å². The Morgan fingerprint density at radius 2 is 2.39 bits per heavy atom. The van der Waals surface area contributed by atoms with Crippen LogP contribution in [0.1, 0.15) is 22.5 Å². The average molecular weight is 241 g/mol. The van der Waals surface area contributed by atoms with Crippen LogP contribution in [0.15, 0.2) is 30.6 Å². The first kappa shape index (κ1) is 11.0. The van der Waals surface area contributed by atoms with Crippen LogP contribution in [-0.2, 0) is 13.0 Å². The number of carbonyl (C=O) groups is 1. The number of fused-ring (bicyclic) bond motifs is 1. The summed E-state index contributed by atoms with van der Waals surface area (Å²) in [4.78, 5) is 16.0. The average Bonchev–Trinajstić information content (AvgIpc) is 3.00. The van der Waals surface area contributed by atoms with Crippen LogP contribution in [0.25, 0.3) is 11.3 Å². The van der Waals surface area contributed by atoms with Crippen LogP contribution in [0.5, 0.6) is 0 Å². The molecule has 1 amide bonds. The Morgan fingerprint density at radius 1 is 1.50 bits per heavy atom. The smallest absolute Gasteiger partial charge is 0.252 e. The van der Waals surface area contributed by atoms with Gasteiger partial charge in [0.2, 0.25) is 0 Å². The Kier molecular flexibility index (Phi) is 2.63. The summed E-state index contributed by atoms with van der Waals surface area (Å²) in [5, 5.41) is 2.71. The molecule has 2 aromatic rings. The highest BCUT2D eigenvalue weighted by Gasteiger charge is 2.23. The highest BCUT2D eigenvalue weighted by atomic mass is 16.1. The molecule has 0 bridgehead atoms. The minimum atomic E-state index is -0.00390. The number of hydrogen-bond acceptors (Lipinski definition) is 2. The van der Waals surface area contributed by atoms with Gasteiger partial charge in [0.1, 0.15) is 0 Å². The van der Waals surface area contributed by atoms with Gasteiger partial charge in [-0.3, -0.25) is 9.78 Å². The van der Waals surface area contributed by atoms with E-state index >= 15 is 0 Å². The number of nitrogens with zero attached hydrogens (tertiary/aromatic N) is 2. The molecule has 0 spiro atoms. The van der Waals surface area contributed by atoms with Gasteiger partial charge in [0.15, 0.2) is 0 Å². The number of amides is 1. The predicted octanol–water partition coefficient (Wildman–Crippen LogP) is 1.86. The van der Waals surface area contributed by atoms with Gasteiger partial charge in [0.05, 0.1) is 11.3 Å². The largest absolute Gasteiger partial charge is 0.355 e. The van der Waals surface area contributed by atoms with Gasteiger partial charge >= 0.3 is 0 Å². The minimum Gasteiger partial charge on any atom is -0.355 e. The van der Waals surface area contributed by atoms with E-state index in [9.17, 15) is 4.79 Å². The van der Waals surface area contributed by atoms with Crippen LogP contribution in [0.4, 0.5) is 0 Å². The van der Waals surface area contributed by atoms with E-state index in [1.165, 1.54) is 0 Å². The Labute approximate surface area is 106 Å². The van der Waals surface area contributed by atoms with Gasteiger partial charge in [-0.2, -0.15) is 0 Å². The molecule has 92 valence electrons. The number of pyridine rings is 1. The highest BCUT2D eigenvalue weighted by molar-refractivity contribution is 5.97. The molecule has 0 fully saturated rings. The molecule has 3 heterocycles. The molecule has 0 aliphatic carbocycles. The Hall–Kier alpha value is -2.10. The minimum absolute atomic E-state index is 0.00390. The van der Waals surface area contributed by atoms with Gasteiger partial charge in [-0.25, -0.2) is 0 Å². The fraction of sp³-hybridized carbons (Fsp3) is 0.286. The van der Waals surface area contributed by atoms with Gasteiger partial charge in [0.25, 0.3) is 5.91 Å². The summed E-state index contributed by atoms with van der Waals surface area (Å²) >= 11 is 0. The zero-order valence-electron chi connectivity index (χ0n) is 10.3. The maximum absolute atomic E-state index is 11.9. The fourth-order valence-electron chi connectivity index (χ4n) is 2.60. The number of nitrogens with one attached hydrogen (secondary N) is 1. The summed E-state index contributed by atoms with van der Waals surface area (Å²) in [6.45, 7) is 0.983. The molecule has 0 saturated carbocycles. The van der Waals surface area contributed by atoms with Gasteiger partial charge in [0, 0.05) is 37.2 Å². The zero-order chi connectivity index (χ0) is 12.5. The molecule has 1 aliphatic heterocycles. The van der Waals surface area contributed by atoms with Crippen molar-refractivity contribution in [3.63, 3.8) is 0 Å². The lowest BCUT2D eigenvalue weighted by atomic mass is 10.1. The molecule has 0 radical (unpaired) electrons. The monoisotopic (exact) mass is 241 g/mol. The second-order valence-corrected chi connectivity index (χ2v) is 4.47. The first-order chi connectivity index (χ1) is 8.81. The van der Waals surface area contributed by atoms with Crippen molar-refractivity contribution in [1.29, 1.82) is 0 Å². The van der Waals surface area contributed by atoms with E-state index in [1.807, 2.05) is 24.4 Å². The summed E-state index contributed by atoms with van der Waals surface area (Å²) in [5.41, 5.74) is 4.10. The van der Waals surface area contributed by atoms with Crippen molar-refractivity contribution < 1.29 is 4.79 Å². The Balaban J connectivity index is 2.15. The molecule has 18 heavy (non-hydrogen) atoms. The van der Waals surface area contributed by atoms with Crippen LogP contribution in [0, 0.1) is 0 Å². The van der Waals surface area contributed by atoms with Crippen molar-refractivity contribution in [3.05, 3.63) is 41.9 Å². The van der Waals surface area contributed by atoms with Crippen LogP contribution in [0.2, 0.25) is 0 Å². The second kappa shape index (κ2) is 4.29. The third-order valence-electron chi connectivity index (χ3n) is 3.43. The molecule has 2 aromatic heterocycles. The quantitative estimate of drug-likeness (QED) is 0.872. The Bertz CT molecular complexity index is 587. The van der Waals surface area contributed by atoms with E-state index in [0.717, 1.165) is 41.9 Å². The van der Waals surface area contributed by atoms with Gasteiger partial charge in [-0.05, 0) is 31.0 Å². The standard InChI is InChI=1S/C14H15N3O/c1-15-14(18)11-8-13(10-4-2-6-16-9-10)17-7-3-5-12(11)17/h2,4,6,8-9H,3,5,7H2,1H3,(H,15,18). The molecule has 4 nitrogen and oxygen atoms in total. The Morgan fingerprint density at radius 3 is 3.11 bits per heavy atom. The highest BCUT2D eigenvalue weighted by Crippen LogP contribution is 2.30. The van der Waals surface area contributed by atoms with E-state index in [4.69, 9.17) is 0 Å². The van der Waals surface area contributed by atoms with Crippen LogP contribution >= 0.6 is 0 Å². The molecule has 3 rings (SSSR count). The summed E-state index contributed by atoms with van der Waals surface area (Å²) < 4.78 is 2.24. The second-order valence-electron chi connectivity index (χ2n) is 4.47. The molecule has 0 saturated heterocycles. The molecule has 1 aliphatic rings. The van der Waals surface area contributed by atoms with Crippen molar-refractivity contribution >= 4 is 5.91 Å². The molecule has 0 atom stereocenters. The predicted molar refractivity (Wildman–Crippen MR) is 69.4 cm³/mol. The first-order valence-corrected chi connectivity index (χ1v) is 6.16. The lowest BCUT2D eigenvalue weighted by molar-refractivity contribution is 0.0962. The lowest BCUT2D eigenvalue weighted by Gasteiger charge is -2.04. The van der Waals surface area contributed by atoms with Crippen molar-refractivity contribution in [1.82, 2.24) is 14.9 Å². The lowest BCUT2D eigenvalue weighted by Crippen LogP contribution is -2.18. The summed E-state index contributed by atoms with van der Waals surface area (Å²) in [6, 6.07) is 5.93. The summed E-state index contributed by atoms with van der Waals surface area (Å²) in [7, 11) is 1.67. The normalized spacial score (nSPS) is 13.4. The zero-order valence-corrected chi connectivity index (χ0v) is 10.3. The van der Waals surface area contributed by atoms with Gasteiger partial charge in [-0.1, -0.05) is 0 Å². The summed E-state index contributed by atoms with van der Waals surface area (Å²) in [5.74, 6) is -0.00390. The number of rotatable bonds is 2. The van der Waals surface area contributed by atoms with E-state index in [1.54, 1.807) is 13.2 Å². The first-order valence-electron chi connectivity index (χ1n) is 6.16. The van der Waals surface area contributed by atoms with Crippen molar-refractivity contribution in [3.8, 4) is 11.3 Å². The molecular weight excluding hydrogens is 226 g/mol. The third-order valence-corrected chi connectivity index (χ3v) is 3.43. The topological polar surface area (TPSA) is 46.9 Å². The van der Waals surface area contributed by atoms with E-state index in [2.05, 4.69) is 14.9 Å². The van der Waals surface area contributed by atoms with Crippen molar-refractivity contribution in [2.45, 2.75) is 19.4 Å². The van der Waals surface area contributed by atoms with E-state index in [0.29, 0.717) is 0 Å². The van der Waals surface area contributed by atoms with Crippen LogP contribution in [0.3, 0.4) is 0 Å². The number of carbonyl (C=O) groups excluding carboxylic acids is 1. The maximum atomic E-state index is 11.9.